The van der Waals surface area contributed by atoms with Crippen LogP contribution < -0.4 is 0 Å². The lowest BCUT2D eigenvalue weighted by Gasteiger charge is -2.04. The lowest BCUT2D eigenvalue weighted by molar-refractivity contribution is 0.0698. The largest absolute Gasteiger partial charge is 0.478 e. The molecule has 1 aromatic carbocycles. The quantitative estimate of drug-likeness (QED) is 0.799. The van der Waals surface area contributed by atoms with Crippen LogP contribution in [0.2, 0.25) is 0 Å². The first kappa shape index (κ1) is 12.1. The highest BCUT2D eigenvalue weighted by molar-refractivity contribution is 8.00. The summed E-state index contributed by atoms with van der Waals surface area (Å²) in [5, 5.41) is 18.2. The lowest BCUT2D eigenvalue weighted by atomic mass is 10.1. The number of fused-ring (bicyclic) bond motifs is 1. The van der Waals surface area contributed by atoms with Crippen LogP contribution >= 0.6 is 23.1 Å². The van der Waals surface area contributed by atoms with E-state index in [1.807, 2.05) is 6.07 Å². The van der Waals surface area contributed by atoms with Crippen LogP contribution in [0.3, 0.4) is 0 Å². The minimum Gasteiger partial charge on any atom is -0.478 e. The molecule has 0 atom stereocenters. The highest BCUT2D eigenvalue weighted by Gasteiger charge is 2.13. The molecule has 2 aromatic heterocycles. The number of benzene rings is 1. The Hall–Kier alpha value is -1.99. The molecule has 0 aliphatic rings. The van der Waals surface area contributed by atoms with Crippen molar-refractivity contribution in [3.63, 3.8) is 0 Å². The van der Waals surface area contributed by atoms with Crippen molar-refractivity contribution in [3.05, 3.63) is 41.4 Å². The summed E-state index contributed by atoms with van der Waals surface area (Å²) in [6, 6.07) is 8.75. The summed E-state index contributed by atoms with van der Waals surface area (Å²) < 4.78 is 0.735. The fourth-order valence-electron chi connectivity index (χ4n) is 1.68. The monoisotopic (exact) mass is 289 g/mol. The molecule has 2 heterocycles. The minimum absolute atomic E-state index is 0.248. The van der Waals surface area contributed by atoms with Crippen molar-refractivity contribution in [1.82, 2.24) is 15.2 Å². The predicted molar refractivity (Wildman–Crippen MR) is 72.7 cm³/mol. The molecule has 0 radical (unpaired) electrons. The molecule has 0 spiro atoms. The van der Waals surface area contributed by atoms with Crippen molar-refractivity contribution in [3.8, 4) is 0 Å². The molecule has 94 valence electrons. The third-order valence-electron chi connectivity index (χ3n) is 2.46. The summed E-state index contributed by atoms with van der Waals surface area (Å²) in [4.78, 5) is 15.7. The molecule has 0 saturated carbocycles. The van der Waals surface area contributed by atoms with E-state index in [1.54, 1.807) is 29.8 Å². The second-order valence-electron chi connectivity index (χ2n) is 3.64. The number of carboxylic acid groups (broad SMARTS) is 1. The molecule has 0 aliphatic carbocycles. The van der Waals surface area contributed by atoms with Gasteiger partial charge in [0.1, 0.15) is 10.5 Å². The van der Waals surface area contributed by atoms with Gasteiger partial charge in [-0.2, -0.15) is 0 Å². The van der Waals surface area contributed by atoms with Gasteiger partial charge in [-0.15, -0.1) is 10.2 Å². The Balaban J connectivity index is 2.13. The summed E-state index contributed by atoms with van der Waals surface area (Å²) in [6.45, 7) is 0. The zero-order chi connectivity index (χ0) is 13.2. The number of pyridine rings is 1. The summed E-state index contributed by atoms with van der Waals surface area (Å²) in [7, 11) is 0. The van der Waals surface area contributed by atoms with Gasteiger partial charge in [0.15, 0.2) is 4.34 Å². The number of carboxylic acids is 1. The Labute approximate surface area is 116 Å². The molecule has 5 nitrogen and oxygen atoms in total. The van der Waals surface area contributed by atoms with Crippen LogP contribution in [0.25, 0.3) is 10.9 Å². The number of para-hydroxylation sites is 1. The Morgan fingerprint density at radius 2 is 2.16 bits per heavy atom. The molecule has 0 aliphatic heterocycles. The van der Waals surface area contributed by atoms with E-state index in [1.165, 1.54) is 23.1 Å². The second-order valence-corrected chi connectivity index (χ2v) is 5.74. The fraction of sp³-hybridized carbons (Fsp3) is 0. The van der Waals surface area contributed by atoms with Gasteiger partial charge in [-0.05, 0) is 23.9 Å². The zero-order valence-electron chi connectivity index (χ0n) is 9.48. The first-order chi connectivity index (χ1) is 9.24. The summed E-state index contributed by atoms with van der Waals surface area (Å²) >= 11 is 2.70. The van der Waals surface area contributed by atoms with Crippen molar-refractivity contribution < 1.29 is 9.90 Å². The molecule has 0 amide bonds. The van der Waals surface area contributed by atoms with Gasteiger partial charge in [0.05, 0.1) is 11.1 Å². The number of hydrogen-bond donors (Lipinski definition) is 1. The number of carbonyl (C=O) groups is 1. The van der Waals surface area contributed by atoms with Gasteiger partial charge in [0.2, 0.25) is 0 Å². The molecule has 19 heavy (non-hydrogen) atoms. The van der Waals surface area contributed by atoms with E-state index < -0.39 is 5.97 Å². The predicted octanol–water partition coefficient (Wildman–Crippen LogP) is 2.94. The standard InChI is InChI=1S/C12H7N3O2S2/c16-11(17)8-5-10(19-12-15-13-6-18-12)14-9-4-2-1-3-7(8)9/h1-6H,(H,16,17). The lowest BCUT2D eigenvalue weighted by Crippen LogP contribution is -1.99. The summed E-state index contributed by atoms with van der Waals surface area (Å²) in [6.07, 6.45) is 0. The number of nitrogens with zero attached hydrogens (tertiary/aromatic N) is 3. The van der Waals surface area contributed by atoms with E-state index in [9.17, 15) is 9.90 Å². The van der Waals surface area contributed by atoms with Crippen LogP contribution in [-0.2, 0) is 0 Å². The van der Waals surface area contributed by atoms with Crippen molar-refractivity contribution in [2.45, 2.75) is 9.37 Å². The smallest absolute Gasteiger partial charge is 0.336 e. The van der Waals surface area contributed by atoms with Crippen molar-refractivity contribution in [2.24, 2.45) is 0 Å². The van der Waals surface area contributed by atoms with Crippen LogP contribution in [0.5, 0.6) is 0 Å². The van der Waals surface area contributed by atoms with E-state index >= 15 is 0 Å². The third-order valence-corrected chi connectivity index (χ3v) is 4.15. The molecular weight excluding hydrogens is 282 g/mol. The van der Waals surface area contributed by atoms with E-state index in [0.717, 1.165) is 4.34 Å². The first-order valence-electron chi connectivity index (χ1n) is 5.31. The maximum absolute atomic E-state index is 11.3. The second kappa shape index (κ2) is 4.94. The number of rotatable bonds is 3. The maximum Gasteiger partial charge on any atom is 0.336 e. The van der Waals surface area contributed by atoms with Gasteiger partial charge < -0.3 is 5.11 Å². The number of aromatic nitrogens is 3. The van der Waals surface area contributed by atoms with E-state index in [4.69, 9.17) is 0 Å². The van der Waals surface area contributed by atoms with Gasteiger partial charge in [-0.25, -0.2) is 9.78 Å². The van der Waals surface area contributed by atoms with Crippen molar-refractivity contribution >= 4 is 40.0 Å². The Bertz CT molecular complexity index is 744. The van der Waals surface area contributed by atoms with E-state index in [2.05, 4.69) is 15.2 Å². The summed E-state index contributed by atoms with van der Waals surface area (Å²) in [5.41, 5.74) is 2.54. The molecule has 3 aromatic rings. The maximum atomic E-state index is 11.3. The van der Waals surface area contributed by atoms with Gasteiger partial charge >= 0.3 is 5.97 Å². The first-order valence-corrected chi connectivity index (χ1v) is 7.01. The third kappa shape index (κ3) is 2.42. The number of hydrogen-bond acceptors (Lipinski definition) is 6. The van der Waals surface area contributed by atoms with Gasteiger partial charge in [0.25, 0.3) is 0 Å². The SMILES string of the molecule is O=C(O)c1cc(Sc2nncs2)nc2ccccc12. The topological polar surface area (TPSA) is 76.0 Å². The van der Waals surface area contributed by atoms with Gasteiger partial charge in [-0.1, -0.05) is 29.5 Å². The zero-order valence-corrected chi connectivity index (χ0v) is 11.1. The molecule has 0 saturated heterocycles. The van der Waals surface area contributed by atoms with Crippen LogP contribution in [0.15, 0.2) is 45.2 Å². The van der Waals surface area contributed by atoms with E-state index in [-0.39, 0.29) is 5.56 Å². The van der Waals surface area contributed by atoms with Crippen molar-refractivity contribution in [1.29, 1.82) is 0 Å². The van der Waals surface area contributed by atoms with Crippen LogP contribution in [0.4, 0.5) is 0 Å². The summed E-state index contributed by atoms with van der Waals surface area (Å²) in [5.74, 6) is -0.960. The number of aromatic carboxylic acids is 1. The van der Waals surface area contributed by atoms with Crippen LogP contribution in [0.1, 0.15) is 10.4 Å². The Morgan fingerprint density at radius 1 is 1.32 bits per heavy atom. The van der Waals surface area contributed by atoms with Crippen molar-refractivity contribution in [2.75, 3.05) is 0 Å². The Kier molecular flexibility index (Phi) is 3.14. The highest BCUT2D eigenvalue weighted by atomic mass is 32.2. The van der Waals surface area contributed by atoms with E-state index in [0.29, 0.717) is 15.9 Å². The molecule has 3 rings (SSSR count). The fourth-order valence-corrected chi connectivity index (χ4v) is 3.12. The van der Waals surface area contributed by atoms with Crippen LogP contribution in [-0.4, -0.2) is 26.3 Å². The van der Waals surface area contributed by atoms with Crippen LogP contribution in [0, 0.1) is 0 Å². The molecule has 7 heteroatoms. The van der Waals surface area contributed by atoms with Gasteiger partial charge in [-0.3, -0.25) is 0 Å². The highest BCUT2D eigenvalue weighted by Crippen LogP contribution is 2.30. The molecule has 0 fully saturated rings. The molecule has 1 N–H and O–H groups in total. The molecule has 0 bridgehead atoms. The molecule has 0 unspecified atom stereocenters. The molecular formula is C12H7N3O2S2. The normalized spacial score (nSPS) is 10.7. The Morgan fingerprint density at radius 3 is 2.89 bits per heavy atom. The van der Waals surface area contributed by atoms with Gasteiger partial charge in [0, 0.05) is 5.39 Å². The minimum atomic E-state index is -0.960. The average molecular weight is 289 g/mol. The average Bonchev–Trinajstić information content (AvgIpc) is 2.90.